The average Bonchev–Trinajstić information content (AvgIpc) is 2.87. The van der Waals surface area contributed by atoms with Gasteiger partial charge in [0.2, 0.25) is 0 Å². The maximum absolute atomic E-state index is 12.0. The second kappa shape index (κ2) is 4.53. The Hall–Kier alpha value is -2.69. The number of rotatable bonds is 2. The minimum absolute atomic E-state index is 0.415. The summed E-state index contributed by atoms with van der Waals surface area (Å²) in [7, 11) is 1.36. The van der Waals surface area contributed by atoms with Gasteiger partial charge in [-0.3, -0.25) is 0 Å². The van der Waals surface area contributed by atoms with E-state index in [-0.39, 0.29) is 0 Å². The lowest BCUT2D eigenvalue weighted by molar-refractivity contribution is 0.0604. The van der Waals surface area contributed by atoms with Gasteiger partial charge in [-0.05, 0) is 12.1 Å². The monoisotopic (exact) mass is 253 g/mol. The Balaban J connectivity index is 2.32. The molecule has 0 aliphatic heterocycles. The standard InChI is InChI=1S/C14H11N3O2/c1-19-14(18)12-11-8-5-9-15-17(11)16-13(12)10-6-3-2-4-7-10/h2-9H,1H3. The molecule has 0 spiro atoms. The maximum atomic E-state index is 12.0. The quantitative estimate of drug-likeness (QED) is 0.657. The second-order valence-electron chi connectivity index (χ2n) is 3.98. The first kappa shape index (κ1) is 11.4. The van der Waals surface area contributed by atoms with Crippen molar-refractivity contribution in [2.75, 3.05) is 7.11 Å². The SMILES string of the molecule is COC(=O)c1c(-c2ccccc2)nn2ncccc12. The molecule has 3 rings (SSSR count). The molecule has 0 aliphatic carbocycles. The molecule has 0 radical (unpaired) electrons. The van der Waals surface area contributed by atoms with Crippen molar-refractivity contribution in [1.82, 2.24) is 14.8 Å². The lowest BCUT2D eigenvalue weighted by Gasteiger charge is -2.00. The molecule has 2 heterocycles. The minimum atomic E-state index is -0.415. The molecule has 94 valence electrons. The average molecular weight is 253 g/mol. The first-order valence-electron chi connectivity index (χ1n) is 5.79. The molecule has 0 saturated carbocycles. The van der Waals surface area contributed by atoms with Crippen LogP contribution in [0.2, 0.25) is 0 Å². The Kier molecular flexibility index (Phi) is 2.72. The predicted molar refractivity (Wildman–Crippen MR) is 69.8 cm³/mol. The topological polar surface area (TPSA) is 56.5 Å². The van der Waals surface area contributed by atoms with Crippen LogP contribution in [-0.2, 0) is 4.74 Å². The fourth-order valence-corrected chi connectivity index (χ4v) is 2.00. The first-order chi connectivity index (χ1) is 9.31. The molecule has 1 aromatic carbocycles. The largest absolute Gasteiger partial charge is 0.465 e. The van der Waals surface area contributed by atoms with Crippen molar-refractivity contribution in [2.24, 2.45) is 0 Å². The molecular weight excluding hydrogens is 242 g/mol. The van der Waals surface area contributed by atoms with Crippen molar-refractivity contribution < 1.29 is 9.53 Å². The van der Waals surface area contributed by atoms with Crippen LogP contribution in [0.1, 0.15) is 10.4 Å². The molecule has 19 heavy (non-hydrogen) atoms. The zero-order chi connectivity index (χ0) is 13.2. The lowest BCUT2D eigenvalue weighted by atomic mass is 10.1. The molecule has 0 aliphatic rings. The van der Waals surface area contributed by atoms with E-state index in [1.165, 1.54) is 11.7 Å². The summed E-state index contributed by atoms with van der Waals surface area (Å²) in [4.78, 5) is 12.0. The summed E-state index contributed by atoms with van der Waals surface area (Å²) in [5.74, 6) is -0.415. The Morgan fingerprint density at radius 2 is 1.95 bits per heavy atom. The summed E-state index contributed by atoms with van der Waals surface area (Å²) in [5, 5.41) is 8.46. The zero-order valence-electron chi connectivity index (χ0n) is 10.3. The van der Waals surface area contributed by atoms with E-state index in [4.69, 9.17) is 4.74 Å². The summed E-state index contributed by atoms with van der Waals surface area (Å²) in [6.45, 7) is 0. The van der Waals surface area contributed by atoms with Crippen molar-refractivity contribution in [2.45, 2.75) is 0 Å². The summed E-state index contributed by atoms with van der Waals surface area (Å²) >= 11 is 0. The van der Waals surface area contributed by atoms with Crippen molar-refractivity contribution in [3.63, 3.8) is 0 Å². The highest BCUT2D eigenvalue weighted by atomic mass is 16.5. The van der Waals surface area contributed by atoms with Crippen LogP contribution in [0.4, 0.5) is 0 Å². The van der Waals surface area contributed by atoms with Gasteiger partial charge in [-0.25, -0.2) is 4.79 Å². The number of benzene rings is 1. The predicted octanol–water partition coefficient (Wildman–Crippen LogP) is 2.18. The number of aromatic nitrogens is 3. The second-order valence-corrected chi connectivity index (χ2v) is 3.98. The summed E-state index contributed by atoms with van der Waals surface area (Å²) in [5.41, 5.74) is 2.49. The van der Waals surface area contributed by atoms with Crippen molar-refractivity contribution in [3.8, 4) is 11.3 Å². The lowest BCUT2D eigenvalue weighted by Crippen LogP contribution is -2.02. The Morgan fingerprint density at radius 1 is 1.16 bits per heavy atom. The zero-order valence-corrected chi connectivity index (χ0v) is 10.3. The molecule has 0 saturated heterocycles. The molecule has 0 unspecified atom stereocenters. The smallest absolute Gasteiger partial charge is 0.342 e. The molecule has 0 bridgehead atoms. The van der Waals surface area contributed by atoms with Gasteiger partial charge in [0.15, 0.2) is 0 Å². The van der Waals surface area contributed by atoms with Crippen LogP contribution in [0.3, 0.4) is 0 Å². The van der Waals surface area contributed by atoms with Gasteiger partial charge in [-0.15, -0.1) is 5.10 Å². The van der Waals surface area contributed by atoms with E-state index in [0.29, 0.717) is 16.8 Å². The van der Waals surface area contributed by atoms with Gasteiger partial charge in [-0.1, -0.05) is 30.3 Å². The van der Waals surface area contributed by atoms with Crippen molar-refractivity contribution in [1.29, 1.82) is 0 Å². The van der Waals surface area contributed by atoms with Gasteiger partial charge in [0.25, 0.3) is 0 Å². The number of nitrogens with zero attached hydrogens (tertiary/aromatic N) is 3. The van der Waals surface area contributed by atoms with Crippen LogP contribution < -0.4 is 0 Å². The third-order valence-electron chi connectivity index (χ3n) is 2.86. The van der Waals surface area contributed by atoms with Crippen LogP contribution in [0.5, 0.6) is 0 Å². The number of methoxy groups -OCH3 is 1. The highest BCUT2D eigenvalue weighted by Gasteiger charge is 2.21. The molecular formula is C14H11N3O2. The number of hydrogen-bond donors (Lipinski definition) is 0. The van der Waals surface area contributed by atoms with E-state index >= 15 is 0 Å². The van der Waals surface area contributed by atoms with Crippen molar-refractivity contribution >= 4 is 11.5 Å². The molecule has 0 N–H and O–H groups in total. The maximum Gasteiger partial charge on any atom is 0.342 e. The van der Waals surface area contributed by atoms with E-state index in [9.17, 15) is 4.79 Å². The minimum Gasteiger partial charge on any atom is -0.465 e. The highest BCUT2D eigenvalue weighted by Crippen LogP contribution is 2.25. The van der Waals surface area contributed by atoms with Crippen LogP contribution in [0.25, 0.3) is 16.8 Å². The van der Waals surface area contributed by atoms with Crippen LogP contribution in [0.15, 0.2) is 48.7 Å². The molecule has 0 amide bonds. The van der Waals surface area contributed by atoms with E-state index in [0.717, 1.165) is 5.56 Å². The fraction of sp³-hybridized carbons (Fsp3) is 0.0714. The molecule has 3 aromatic rings. The van der Waals surface area contributed by atoms with Gasteiger partial charge in [0.1, 0.15) is 16.8 Å². The molecule has 0 fully saturated rings. The van der Waals surface area contributed by atoms with Crippen molar-refractivity contribution in [3.05, 3.63) is 54.2 Å². The number of esters is 1. The summed E-state index contributed by atoms with van der Waals surface area (Å²) < 4.78 is 6.28. The highest BCUT2D eigenvalue weighted by molar-refractivity contribution is 6.03. The van der Waals surface area contributed by atoms with Crippen LogP contribution in [0, 0.1) is 0 Å². The van der Waals surface area contributed by atoms with E-state index in [2.05, 4.69) is 10.2 Å². The fourth-order valence-electron chi connectivity index (χ4n) is 2.00. The first-order valence-corrected chi connectivity index (χ1v) is 5.79. The van der Waals surface area contributed by atoms with Gasteiger partial charge < -0.3 is 4.74 Å². The summed E-state index contributed by atoms with van der Waals surface area (Å²) in [6, 6.07) is 13.1. The van der Waals surface area contributed by atoms with E-state index in [1.54, 1.807) is 18.3 Å². The Labute approximate surface area is 109 Å². The van der Waals surface area contributed by atoms with E-state index in [1.807, 2.05) is 30.3 Å². The van der Waals surface area contributed by atoms with Gasteiger partial charge in [0.05, 0.1) is 7.11 Å². The Morgan fingerprint density at radius 3 is 2.68 bits per heavy atom. The number of fused-ring (bicyclic) bond motifs is 1. The van der Waals surface area contributed by atoms with Crippen LogP contribution >= 0.6 is 0 Å². The van der Waals surface area contributed by atoms with Crippen LogP contribution in [-0.4, -0.2) is 27.9 Å². The molecule has 5 nitrogen and oxygen atoms in total. The number of ether oxygens (including phenoxy) is 1. The number of carbonyl (C=O) groups excluding carboxylic acids is 1. The number of carbonyl (C=O) groups is 1. The third-order valence-corrected chi connectivity index (χ3v) is 2.86. The number of hydrogen-bond acceptors (Lipinski definition) is 4. The summed E-state index contributed by atoms with van der Waals surface area (Å²) in [6.07, 6.45) is 1.62. The van der Waals surface area contributed by atoms with Gasteiger partial charge in [-0.2, -0.15) is 9.73 Å². The van der Waals surface area contributed by atoms with E-state index < -0.39 is 5.97 Å². The van der Waals surface area contributed by atoms with Gasteiger partial charge in [0, 0.05) is 11.8 Å². The molecule has 0 atom stereocenters. The third kappa shape index (κ3) is 1.85. The molecule has 5 heteroatoms. The van der Waals surface area contributed by atoms with Gasteiger partial charge >= 0.3 is 5.97 Å². The normalized spacial score (nSPS) is 10.6. The Bertz CT molecular complexity index is 735. The molecule has 2 aromatic heterocycles.